The highest BCUT2D eigenvalue weighted by Gasteiger charge is 2.16. The number of Topliss-reactive ketones (excluding diaryl/α,β-unsaturated/α-hetero) is 1. The number of rotatable bonds is 22. The zero-order valence-corrected chi connectivity index (χ0v) is 19.3. The van der Waals surface area contributed by atoms with Crippen LogP contribution in [-0.2, 0) is 4.79 Å². The van der Waals surface area contributed by atoms with E-state index < -0.39 is 0 Å². The van der Waals surface area contributed by atoms with Gasteiger partial charge in [-0.1, -0.05) is 130 Å². The van der Waals surface area contributed by atoms with Gasteiger partial charge in [-0.15, -0.1) is 0 Å². The van der Waals surface area contributed by atoms with Crippen LogP contribution < -0.4 is 0 Å². The fourth-order valence-electron chi connectivity index (χ4n) is 4.09. The smallest absolute Gasteiger partial charge is 0.135 e. The van der Waals surface area contributed by atoms with Crippen molar-refractivity contribution in [2.45, 2.75) is 156 Å². The Balaban J connectivity index is 3.63. The summed E-state index contributed by atoms with van der Waals surface area (Å²) in [5, 5.41) is 0. The van der Waals surface area contributed by atoms with Crippen molar-refractivity contribution in [2.75, 3.05) is 0 Å². The number of carbonyl (C=O) groups is 1. The van der Waals surface area contributed by atoms with E-state index in [4.69, 9.17) is 0 Å². The quantitative estimate of drug-likeness (QED) is 0.171. The van der Waals surface area contributed by atoms with Crippen LogP contribution in [0.5, 0.6) is 0 Å². The van der Waals surface area contributed by atoms with E-state index in [-0.39, 0.29) is 0 Å². The Morgan fingerprint density at radius 1 is 0.481 bits per heavy atom. The Morgan fingerprint density at radius 3 is 1.22 bits per heavy atom. The van der Waals surface area contributed by atoms with Crippen molar-refractivity contribution in [1.82, 2.24) is 0 Å². The second-order valence-electron chi connectivity index (χ2n) is 8.79. The Hall–Kier alpha value is -0.330. The lowest BCUT2D eigenvalue weighted by Crippen LogP contribution is -2.14. The van der Waals surface area contributed by atoms with Crippen LogP contribution in [0.1, 0.15) is 156 Å². The molecule has 0 heterocycles. The summed E-state index contributed by atoms with van der Waals surface area (Å²) in [4.78, 5) is 12.6. The molecule has 0 amide bonds. The Kier molecular flexibility index (Phi) is 21.7. The van der Waals surface area contributed by atoms with E-state index in [1.165, 1.54) is 109 Å². The van der Waals surface area contributed by atoms with E-state index in [9.17, 15) is 4.79 Å². The summed E-state index contributed by atoms with van der Waals surface area (Å²) < 4.78 is 0. The van der Waals surface area contributed by atoms with Gasteiger partial charge in [-0.3, -0.25) is 4.79 Å². The molecule has 0 bridgehead atoms. The number of unbranched alkanes of at least 4 members (excludes halogenated alkanes) is 15. The molecule has 0 spiro atoms. The SMILES string of the molecule is CCCCCCCCCCCCCCC(=O)C(CCCCC)CCCCC. The zero-order chi connectivity index (χ0) is 20.0. The summed E-state index contributed by atoms with van der Waals surface area (Å²) in [6.45, 7) is 6.79. The zero-order valence-electron chi connectivity index (χ0n) is 19.3. The Bertz CT molecular complexity index is 287. The molecule has 0 aliphatic rings. The highest BCUT2D eigenvalue weighted by molar-refractivity contribution is 5.80. The number of carbonyl (C=O) groups excluding carboxylic acids is 1. The molecule has 0 N–H and O–H groups in total. The van der Waals surface area contributed by atoms with Gasteiger partial charge >= 0.3 is 0 Å². The highest BCUT2D eigenvalue weighted by atomic mass is 16.1. The molecule has 0 aromatic rings. The fourth-order valence-corrected chi connectivity index (χ4v) is 4.09. The van der Waals surface area contributed by atoms with Gasteiger partial charge in [-0.2, -0.15) is 0 Å². The lowest BCUT2D eigenvalue weighted by atomic mass is 9.89. The second kappa shape index (κ2) is 22.0. The third-order valence-corrected chi connectivity index (χ3v) is 6.04. The third kappa shape index (κ3) is 18.8. The van der Waals surface area contributed by atoms with E-state index in [0.29, 0.717) is 11.7 Å². The van der Waals surface area contributed by atoms with Gasteiger partial charge in [0.05, 0.1) is 0 Å². The minimum absolute atomic E-state index is 0.371. The molecule has 0 aromatic carbocycles. The molecule has 27 heavy (non-hydrogen) atoms. The van der Waals surface area contributed by atoms with E-state index in [1.54, 1.807) is 0 Å². The first-order valence-electron chi connectivity index (χ1n) is 12.8. The van der Waals surface area contributed by atoms with Gasteiger partial charge in [-0.05, 0) is 19.3 Å². The van der Waals surface area contributed by atoms with Crippen LogP contribution in [0.3, 0.4) is 0 Å². The number of hydrogen-bond donors (Lipinski definition) is 0. The van der Waals surface area contributed by atoms with Crippen molar-refractivity contribution >= 4 is 5.78 Å². The van der Waals surface area contributed by atoms with Crippen molar-refractivity contribution in [3.05, 3.63) is 0 Å². The van der Waals surface area contributed by atoms with E-state index in [0.717, 1.165) is 25.7 Å². The predicted octanol–water partition coefficient (Wildman–Crippen LogP) is 9.42. The maximum absolute atomic E-state index is 12.6. The lowest BCUT2D eigenvalue weighted by Gasteiger charge is -2.15. The molecule has 0 atom stereocenters. The van der Waals surface area contributed by atoms with Crippen LogP contribution in [-0.4, -0.2) is 5.78 Å². The molecule has 1 nitrogen and oxygen atoms in total. The number of ketones is 1. The maximum Gasteiger partial charge on any atom is 0.135 e. The van der Waals surface area contributed by atoms with Gasteiger partial charge in [-0.25, -0.2) is 0 Å². The van der Waals surface area contributed by atoms with Gasteiger partial charge in [0.1, 0.15) is 5.78 Å². The first-order chi connectivity index (χ1) is 13.3. The first-order valence-corrected chi connectivity index (χ1v) is 12.8. The summed E-state index contributed by atoms with van der Waals surface area (Å²) in [5.74, 6) is 0.949. The van der Waals surface area contributed by atoms with Crippen molar-refractivity contribution < 1.29 is 4.79 Å². The third-order valence-electron chi connectivity index (χ3n) is 6.04. The van der Waals surface area contributed by atoms with Crippen LogP contribution in [0.4, 0.5) is 0 Å². The Labute approximate surface area is 172 Å². The van der Waals surface area contributed by atoms with Crippen LogP contribution in [0.25, 0.3) is 0 Å². The molecule has 0 unspecified atom stereocenters. The average Bonchev–Trinajstić information content (AvgIpc) is 2.67. The molecule has 162 valence electrons. The van der Waals surface area contributed by atoms with E-state index >= 15 is 0 Å². The van der Waals surface area contributed by atoms with Crippen molar-refractivity contribution in [2.24, 2.45) is 5.92 Å². The van der Waals surface area contributed by atoms with Gasteiger partial charge in [0.15, 0.2) is 0 Å². The van der Waals surface area contributed by atoms with Crippen LogP contribution in [0, 0.1) is 5.92 Å². The van der Waals surface area contributed by atoms with Gasteiger partial charge in [0.2, 0.25) is 0 Å². The summed E-state index contributed by atoms with van der Waals surface area (Å²) in [6.07, 6.45) is 27.2. The molecule has 0 radical (unpaired) electrons. The number of hydrogen-bond acceptors (Lipinski definition) is 1. The van der Waals surface area contributed by atoms with Crippen molar-refractivity contribution in [3.8, 4) is 0 Å². The first kappa shape index (κ1) is 26.7. The van der Waals surface area contributed by atoms with Gasteiger partial charge in [0, 0.05) is 12.3 Å². The minimum Gasteiger partial charge on any atom is -0.299 e. The molecule has 0 rings (SSSR count). The van der Waals surface area contributed by atoms with E-state index in [2.05, 4.69) is 20.8 Å². The molecule has 1 heteroatoms. The summed E-state index contributed by atoms with van der Waals surface area (Å²) in [7, 11) is 0. The van der Waals surface area contributed by atoms with E-state index in [1.807, 2.05) is 0 Å². The van der Waals surface area contributed by atoms with Crippen LogP contribution in [0.15, 0.2) is 0 Å². The molecule has 0 aliphatic heterocycles. The van der Waals surface area contributed by atoms with Crippen LogP contribution >= 0.6 is 0 Å². The lowest BCUT2D eigenvalue weighted by molar-refractivity contribution is -0.123. The van der Waals surface area contributed by atoms with Crippen molar-refractivity contribution in [1.29, 1.82) is 0 Å². The molecular weight excluding hydrogens is 328 g/mol. The second-order valence-corrected chi connectivity index (χ2v) is 8.79. The average molecular weight is 381 g/mol. The molecular formula is C26H52O. The highest BCUT2D eigenvalue weighted by Crippen LogP contribution is 2.21. The Morgan fingerprint density at radius 2 is 0.815 bits per heavy atom. The van der Waals surface area contributed by atoms with Gasteiger partial charge < -0.3 is 0 Å². The molecule has 0 aliphatic carbocycles. The summed E-state index contributed by atoms with van der Waals surface area (Å²) in [6, 6.07) is 0. The summed E-state index contributed by atoms with van der Waals surface area (Å²) in [5.41, 5.74) is 0. The standard InChI is InChI=1S/C26H52O/c1-4-7-10-11-12-13-14-15-16-17-18-21-24-26(27)25(22-19-8-5-2)23-20-9-6-3/h25H,4-24H2,1-3H3. The monoisotopic (exact) mass is 380 g/mol. The van der Waals surface area contributed by atoms with Crippen molar-refractivity contribution in [3.63, 3.8) is 0 Å². The van der Waals surface area contributed by atoms with Crippen LogP contribution in [0.2, 0.25) is 0 Å². The molecule has 0 aromatic heterocycles. The maximum atomic E-state index is 12.6. The largest absolute Gasteiger partial charge is 0.299 e. The topological polar surface area (TPSA) is 17.1 Å². The van der Waals surface area contributed by atoms with Gasteiger partial charge in [0.25, 0.3) is 0 Å². The molecule has 0 saturated carbocycles. The fraction of sp³-hybridized carbons (Fsp3) is 0.962. The molecule has 0 saturated heterocycles. The molecule has 0 fully saturated rings. The minimum atomic E-state index is 0.371. The normalized spacial score (nSPS) is 11.4. The predicted molar refractivity (Wildman–Crippen MR) is 122 cm³/mol. The summed E-state index contributed by atoms with van der Waals surface area (Å²) >= 11 is 0.